The molecule has 0 bridgehead atoms. The second kappa shape index (κ2) is 7.11. The zero-order valence-corrected chi connectivity index (χ0v) is 13.7. The highest BCUT2D eigenvalue weighted by Gasteiger charge is 2.25. The molecule has 0 radical (unpaired) electrons. The molecular weight excluding hydrogens is 313 g/mol. The first-order valence-corrected chi connectivity index (χ1v) is 8.84. The molecule has 2 aromatic rings. The molecule has 0 saturated carbocycles. The maximum Gasteiger partial charge on any atom is 0.141 e. The first-order chi connectivity index (χ1) is 11.2. The van der Waals surface area contributed by atoms with Gasteiger partial charge < -0.3 is 4.90 Å². The summed E-state index contributed by atoms with van der Waals surface area (Å²) in [7, 11) is 0. The Bertz CT molecular complexity index is 745. The first kappa shape index (κ1) is 16.0. The lowest BCUT2D eigenvalue weighted by molar-refractivity contribution is 0.456. The summed E-state index contributed by atoms with van der Waals surface area (Å²) in [5, 5.41) is 9.65. The standard InChI is InChI=1S/C16H18FN5S/c1-23-21-9-12-4-2-3-5-22(12)16-13-7-14(17)11(8-18)6-15(13)19-10-20-16/h6-7,10,12,21H,2-5,9H2,1H3. The van der Waals surface area contributed by atoms with Crippen LogP contribution < -0.4 is 9.62 Å². The maximum atomic E-state index is 14.1. The fourth-order valence-electron chi connectivity index (χ4n) is 3.05. The average Bonchev–Trinajstić information content (AvgIpc) is 2.59. The van der Waals surface area contributed by atoms with Crippen molar-refractivity contribution in [2.75, 3.05) is 24.2 Å². The van der Waals surface area contributed by atoms with Crippen LogP contribution in [0, 0.1) is 17.1 Å². The third-order valence-electron chi connectivity index (χ3n) is 4.19. The van der Waals surface area contributed by atoms with E-state index in [1.807, 2.05) is 12.3 Å². The third-order valence-corrected chi connectivity index (χ3v) is 4.64. The minimum absolute atomic E-state index is 0.0152. The summed E-state index contributed by atoms with van der Waals surface area (Å²) in [5.74, 6) is 0.234. The van der Waals surface area contributed by atoms with Crippen LogP contribution in [-0.2, 0) is 0 Å². The highest BCUT2D eigenvalue weighted by Crippen LogP contribution is 2.30. The number of nitriles is 1. The molecule has 1 aromatic heterocycles. The molecule has 1 atom stereocenters. The van der Waals surface area contributed by atoms with Crippen molar-refractivity contribution >= 4 is 28.7 Å². The Morgan fingerprint density at radius 2 is 2.30 bits per heavy atom. The summed E-state index contributed by atoms with van der Waals surface area (Å²) in [5.41, 5.74) is 0.622. The van der Waals surface area contributed by atoms with Gasteiger partial charge in [0.1, 0.15) is 24.0 Å². The largest absolute Gasteiger partial charge is 0.352 e. The van der Waals surface area contributed by atoms with Crippen LogP contribution in [0.25, 0.3) is 10.9 Å². The minimum Gasteiger partial charge on any atom is -0.352 e. The summed E-state index contributed by atoms with van der Waals surface area (Å²) < 4.78 is 17.4. The Labute approximate surface area is 139 Å². The van der Waals surface area contributed by atoms with Crippen LogP contribution in [0.1, 0.15) is 24.8 Å². The highest BCUT2D eigenvalue weighted by molar-refractivity contribution is 7.96. The van der Waals surface area contributed by atoms with Crippen molar-refractivity contribution in [3.8, 4) is 6.07 Å². The fourth-order valence-corrected chi connectivity index (χ4v) is 3.41. The number of benzene rings is 1. The molecule has 1 aromatic carbocycles. The van der Waals surface area contributed by atoms with Crippen molar-refractivity contribution in [1.82, 2.24) is 14.7 Å². The van der Waals surface area contributed by atoms with E-state index in [1.54, 1.807) is 11.9 Å². The smallest absolute Gasteiger partial charge is 0.141 e. The normalized spacial score (nSPS) is 18.1. The highest BCUT2D eigenvalue weighted by atomic mass is 32.2. The number of halogens is 1. The second-order valence-electron chi connectivity index (χ2n) is 5.55. The van der Waals surface area contributed by atoms with Gasteiger partial charge in [0.15, 0.2) is 0 Å². The van der Waals surface area contributed by atoms with Crippen LogP contribution in [0.2, 0.25) is 0 Å². The van der Waals surface area contributed by atoms with Crippen LogP contribution in [0.4, 0.5) is 10.2 Å². The molecule has 1 unspecified atom stereocenters. The molecular formula is C16H18FN5S. The predicted octanol–water partition coefficient (Wildman–Crippen LogP) is 2.87. The van der Waals surface area contributed by atoms with Gasteiger partial charge in [-0.3, -0.25) is 4.72 Å². The molecule has 0 aliphatic carbocycles. The van der Waals surface area contributed by atoms with Crippen molar-refractivity contribution in [2.24, 2.45) is 0 Å². The Hall–Kier alpha value is -1.91. The van der Waals surface area contributed by atoms with E-state index >= 15 is 0 Å². The van der Waals surface area contributed by atoms with Crippen molar-refractivity contribution in [1.29, 1.82) is 5.26 Å². The summed E-state index contributed by atoms with van der Waals surface area (Å²) >= 11 is 1.60. The van der Waals surface area contributed by atoms with Gasteiger partial charge >= 0.3 is 0 Å². The van der Waals surface area contributed by atoms with Crippen molar-refractivity contribution in [2.45, 2.75) is 25.3 Å². The van der Waals surface area contributed by atoms with Gasteiger partial charge in [0.2, 0.25) is 0 Å². The number of fused-ring (bicyclic) bond motifs is 1. The van der Waals surface area contributed by atoms with Crippen LogP contribution in [0.15, 0.2) is 18.5 Å². The predicted molar refractivity (Wildman–Crippen MR) is 90.7 cm³/mol. The van der Waals surface area contributed by atoms with E-state index < -0.39 is 5.82 Å². The lowest BCUT2D eigenvalue weighted by Gasteiger charge is -2.37. The molecule has 3 rings (SSSR count). The molecule has 23 heavy (non-hydrogen) atoms. The molecule has 5 nitrogen and oxygen atoms in total. The number of hydrogen-bond acceptors (Lipinski definition) is 6. The van der Waals surface area contributed by atoms with Gasteiger partial charge in [-0.05, 0) is 37.7 Å². The van der Waals surface area contributed by atoms with Gasteiger partial charge in [-0.2, -0.15) is 5.26 Å². The van der Waals surface area contributed by atoms with Crippen LogP contribution in [0.3, 0.4) is 0 Å². The topological polar surface area (TPSA) is 64.8 Å². The number of piperidine rings is 1. The lowest BCUT2D eigenvalue weighted by Crippen LogP contribution is -2.45. The Kier molecular flexibility index (Phi) is 4.94. The van der Waals surface area contributed by atoms with Crippen LogP contribution >= 0.6 is 11.9 Å². The fraction of sp³-hybridized carbons (Fsp3) is 0.438. The molecule has 0 amide bonds. The van der Waals surface area contributed by atoms with E-state index in [1.165, 1.54) is 24.9 Å². The Balaban J connectivity index is 2.04. The van der Waals surface area contributed by atoms with Gasteiger partial charge in [0.25, 0.3) is 0 Å². The van der Waals surface area contributed by atoms with Crippen molar-refractivity contribution in [3.63, 3.8) is 0 Å². The summed E-state index contributed by atoms with van der Waals surface area (Å²) in [6.45, 7) is 1.75. The molecule has 7 heteroatoms. The molecule has 120 valence electrons. The molecule has 1 aliphatic heterocycles. The number of anilines is 1. The van der Waals surface area contributed by atoms with E-state index in [9.17, 15) is 4.39 Å². The monoisotopic (exact) mass is 331 g/mol. The van der Waals surface area contributed by atoms with Gasteiger partial charge in [0, 0.05) is 24.5 Å². The maximum absolute atomic E-state index is 14.1. The number of hydrogen-bond donors (Lipinski definition) is 1. The number of nitrogens with one attached hydrogen (secondary N) is 1. The van der Waals surface area contributed by atoms with Gasteiger partial charge in [0.05, 0.1) is 11.1 Å². The van der Waals surface area contributed by atoms with Crippen LogP contribution in [-0.4, -0.2) is 35.4 Å². The number of aromatic nitrogens is 2. The zero-order valence-electron chi connectivity index (χ0n) is 12.9. The average molecular weight is 331 g/mol. The zero-order chi connectivity index (χ0) is 16.2. The molecule has 1 aliphatic rings. The number of nitrogens with zero attached hydrogens (tertiary/aromatic N) is 4. The molecule has 1 saturated heterocycles. The molecule has 2 heterocycles. The van der Waals surface area contributed by atoms with E-state index in [4.69, 9.17) is 5.26 Å². The summed E-state index contributed by atoms with van der Waals surface area (Å²) in [6, 6.07) is 5.07. The minimum atomic E-state index is -0.521. The third kappa shape index (κ3) is 3.23. The first-order valence-electron chi connectivity index (χ1n) is 7.61. The quantitative estimate of drug-likeness (QED) is 0.869. The van der Waals surface area contributed by atoms with Gasteiger partial charge in [-0.1, -0.05) is 11.9 Å². The van der Waals surface area contributed by atoms with Gasteiger partial charge in [-0.15, -0.1) is 0 Å². The second-order valence-corrected chi connectivity index (χ2v) is 6.25. The lowest BCUT2D eigenvalue weighted by atomic mass is 10.0. The SMILES string of the molecule is CSNCC1CCCCN1c1ncnc2cc(C#N)c(F)cc12. The molecule has 1 N–H and O–H groups in total. The van der Waals surface area contributed by atoms with E-state index in [-0.39, 0.29) is 5.56 Å². The molecule has 0 spiro atoms. The van der Waals surface area contributed by atoms with E-state index in [0.29, 0.717) is 16.9 Å². The Morgan fingerprint density at radius 3 is 3.09 bits per heavy atom. The van der Waals surface area contributed by atoms with E-state index in [0.717, 1.165) is 31.7 Å². The van der Waals surface area contributed by atoms with Crippen molar-refractivity contribution in [3.05, 3.63) is 29.8 Å². The summed E-state index contributed by atoms with van der Waals surface area (Å²) in [6.07, 6.45) is 6.86. The van der Waals surface area contributed by atoms with Gasteiger partial charge in [-0.25, -0.2) is 14.4 Å². The van der Waals surface area contributed by atoms with Crippen LogP contribution in [0.5, 0.6) is 0 Å². The Morgan fingerprint density at radius 1 is 1.43 bits per heavy atom. The number of rotatable bonds is 4. The van der Waals surface area contributed by atoms with E-state index in [2.05, 4.69) is 19.6 Å². The summed E-state index contributed by atoms with van der Waals surface area (Å²) in [4.78, 5) is 10.9. The molecule has 1 fully saturated rings. The van der Waals surface area contributed by atoms with Crippen molar-refractivity contribution < 1.29 is 4.39 Å².